The molecule has 1 unspecified atom stereocenters. The van der Waals surface area contributed by atoms with E-state index in [0.29, 0.717) is 12.2 Å². The normalized spacial score (nSPS) is 15.9. The summed E-state index contributed by atoms with van der Waals surface area (Å²) in [7, 11) is 0. The smallest absolute Gasteiger partial charge is 0.289 e. The van der Waals surface area contributed by atoms with Crippen LogP contribution in [0.15, 0.2) is 34.9 Å². The maximum absolute atomic E-state index is 11.8. The summed E-state index contributed by atoms with van der Waals surface area (Å²) in [6, 6.07) is 9.95. The number of rotatable bonds is 5. The van der Waals surface area contributed by atoms with E-state index >= 15 is 0 Å². The molecule has 1 atom stereocenters. The van der Waals surface area contributed by atoms with E-state index in [2.05, 4.69) is 33.6 Å². The van der Waals surface area contributed by atoms with Crippen LogP contribution >= 0.6 is 0 Å². The molecule has 1 aliphatic rings. The number of aryl methyl sites for hydroxylation is 1. The van der Waals surface area contributed by atoms with Gasteiger partial charge in [-0.1, -0.05) is 29.4 Å². The minimum absolute atomic E-state index is 0.168. The predicted molar refractivity (Wildman–Crippen MR) is 85.0 cm³/mol. The first-order valence-electron chi connectivity index (χ1n) is 7.80. The van der Waals surface area contributed by atoms with E-state index in [0.717, 1.165) is 19.5 Å². The Morgan fingerprint density at radius 3 is 2.96 bits per heavy atom. The number of fused-ring (bicyclic) bond motifs is 1. The third-order valence-electron chi connectivity index (χ3n) is 4.03. The van der Waals surface area contributed by atoms with Crippen LogP contribution in [0.3, 0.4) is 0 Å². The highest BCUT2D eigenvalue weighted by atomic mass is 16.5. The number of carbonyl (C=O) groups is 1. The topological polar surface area (TPSA) is 78.6 Å². The Labute approximate surface area is 135 Å². The van der Waals surface area contributed by atoms with Crippen LogP contribution in [-0.2, 0) is 13.0 Å². The van der Waals surface area contributed by atoms with E-state index in [4.69, 9.17) is 4.52 Å². The molecule has 1 aromatic heterocycles. The second kappa shape index (κ2) is 6.93. The average Bonchev–Trinajstić information content (AvgIpc) is 2.99. The van der Waals surface area contributed by atoms with Gasteiger partial charge in [0.25, 0.3) is 5.91 Å². The summed E-state index contributed by atoms with van der Waals surface area (Å²) in [6.07, 6.45) is 0.375. The monoisotopic (exact) mass is 315 g/mol. The van der Waals surface area contributed by atoms with Crippen LogP contribution in [0.1, 0.15) is 27.4 Å². The molecule has 0 radical (unpaired) electrons. The van der Waals surface area contributed by atoms with Crippen LogP contribution in [0.5, 0.6) is 0 Å². The Morgan fingerprint density at radius 2 is 2.22 bits per heavy atom. The number of hydrogen-bond donors (Lipinski definition) is 2. The molecular formula is C17H21N3O3. The van der Waals surface area contributed by atoms with Crippen molar-refractivity contribution in [2.24, 2.45) is 0 Å². The summed E-state index contributed by atoms with van der Waals surface area (Å²) in [6.45, 7) is 4.23. The molecule has 0 fully saturated rings. The number of aromatic nitrogens is 1. The van der Waals surface area contributed by atoms with Gasteiger partial charge in [-0.3, -0.25) is 9.69 Å². The number of β-amino-alcohol motifs (C(OH)–C–C–N with tert-alkyl or cyclic N) is 1. The van der Waals surface area contributed by atoms with Gasteiger partial charge in [0.15, 0.2) is 0 Å². The lowest BCUT2D eigenvalue weighted by Crippen LogP contribution is -2.42. The van der Waals surface area contributed by atoms with Gasteiger partial charge in [-0.05, 0) is 24.5 Å². The van der Waals surface area contributed by atoms with E-state index < -0.39 is 6.10 Å². The summed E-state index contributed by atoms with van der Waals surface area (Å²) in [5.74, 6) is -0.185. The van der Waals surface area contributed by atoms with E-state index in [1.54, 1.807) is 13.0 Å². The van der Waals surface area contributed by atoms with Crippen molar-refractivity contribution in [1.29, 1.82) is 0 Å². The molecule has 1 amide bonds. The number of aliphatic hydroxyl groups excluding tert-OH is 1. The molecule has 0 bridgehead atoms. The van der Waals surface area contributed by atoms with Crippen molar-refractivity contribution in [2.45, 2.75) is 26.0 Å². The second-order valence-corrected chi connectivity index (χ2v) is 5.95. The summed E-state index contributed by atoms with van der Waals surface area (Å²) in [5.41, 5.74) is 3.35. The highest BCUT2D eigenvalue weighted by Gasteiger charge is 2.19. The number of nitrogens with zero attached hydrogens (tertiary/aromatic N) is 2. The lowest BCUT2D eigenvalue weighted by atomic mass is 10.00. The molecule has 0 aliphatic carbocycles. The molecule has 23 heavy (non-hydrogen) atoms. The van der Waals surface area contributed by atoms with Crippen molar-refractivity contribution >= 4 is 5.91 Å². The van der Waals surface area contributed by atoms with Gasteiger partial charge in [0, 0.05) is 32.2 Å². The Morgan fingerprint density at radius 1 is 1.43 bits per heavy atom. The molecule has 3 rings (SSSR count). The first-order chi connectivity index (χ1) is 11.1. The number of benzene rings is 1. The third-order valence-corrected chi connectivity index (χ3v) is 4.03. The van der Waals surface area contributed by atoms with Crippen LogP contribution in [0.25, 0.3) is 0 Å². The number of aliphatic hydroxyl groups is 1. The highest BCUT2D eigenvalue weighted by Crippen LogP contribution is 2.18. The van der Waals surface area contributed by atoms with Crippen molar-refractivity contribution in [2.75, 3.05) is 19.6 Å². The molecule has 122 valence electrons. The Balaban J connectivity index is 1.47. The van der Waals surface area contributed by atoms with Gasteiger partial charge in [-0.25, -0.2) is 0 Å². The SMILES string of the molecule is Cc1cc(C(=O)NCC(O)CN2CCc3ccccc3C2)on1. The maximum Gasteiger partial charge on any atom is 0.289 e. The fourth-order valence-electron chi connectivity index (χ4n) is 2.84. The molecule has 6 heteroatoms. The van der Waals surface area contributed by atoms with Crippen molar-refractivity contribution in [3.63, 3.8) is 0 Å². The van der Waals surface area contributed by atoms with Crippen molar-refractivity contribution in [3.8, 4) is 0 Å². The van der Waals surface area contributed by atoms with Gasteiger partial charge in [0.05, 0.1) is 11.8 Å². The minimum Gasteiger partial charge on any atom is -0.390 e. The van der Waals surface area contributed by atoms with E-state index in [-0.39, 0.29) is 18.2 Å². The van der Waals surface area contributed by atoms with Gasteiger partial charge in [-0.2, -0.15) is 0 Å². The summed E-state index contributed by atoms with van der Waals surface area (Å²) < 4.78 is 4.89. The standard InChI is InChI=1S/C17H21N3O3/c1-12-8-16(23-19-12)17(22)18-9-15(21)11-20-7-6-13-4-2-3-5-14(13)10-20/h2-5,8,15,21H,6-7,9-11H2,1H3,(H,18,22). The van der Waals surface area contributed by atoms with Crippen LogP contribution in [0.4, 0.5) is 0 Å². The lowest BCUT2D eigenvalue weighted by molar-refractivity contribution is 0.0814. The molecule has 1 aromatic carbocycles. The molecule has 2 heterocycles. The molecule has 1 aliphatic heterocycles. The Kier molecular flexibility index (Phi) is 4.73. The quantitative estimate of drug-likeness (QED) is 0.865. The number of nitrogens with one attached hydrogen (secondary N) is 1. The van der Waals surface area contributed by atoms with Crippen molar-refractivity contribution in [3.05, 3.63) is 52.9 Å². The molecule has 0 saturated carbocycles. The predicted octanol–water partition coefficient (Wildman–Crippen LogP) is 1.13. The zero-order valence-corrected chi connectivity index (χ0v) is 13.2. The second-order valence-electron chi connectivity index (χ2n) is 5.95. The zero-order valence-electron chi connectivity index (χ0n) is 13.2. The van der Waals surface area contributed by atoms with E-state index in [1.807, 2.05) is 6.07 Å². The Hall–Kier alpha value is -2.18. The zero-order chi connectivity index (χ0) is 16.2. The summed E-state index contributed by atoms with van der Waals surface area (Å²) >= 11 is 0. The van der Waals surface area contributed by atoms with Gasteiger partial charge in [-0.15, -0.1) is 0 Å². The lowest BCUT2D eigenvalue weighted by Gasteiger charge is -2.30. The van der Waals surface area contributed by atoms with Gasteiger partial charge >= 0.3 is 0 Å². The van der Waals surface area contributed by atoms with Gasteiger partial charge < -0.3 is 14.9 Å². The van der Waals surface area contributed by atoms with Crippen LogP contribution in [0, 0.1) is 6.92 Å². The summed E-state index contributed by atoms with van der Waals surface area (Å²) in [4.78, 5) is 14.1. The minimum atomic E-state index is -0.617. The van der Waals surface area contributed by atoms with Crippen LogP contribution in [0.2, 0.25) is 0 Å². The largest absolute Gasteiger partial charge is 0.390 e. The van der Waals surface area contributed by atoms with E-state index in [1.165, 1.54) is 11.1 Å². The number of hydrogen-bond acceptors (Lipinski definition) is 5. The Bertz CT molecular complexity index is 683. The summed E-state index contributed by atoms with van der Waals surface area (Å²) in [5, 5.41) is 16.5. The molecular weight excluding hydrogens is 294 g/mol. The first kappa shape index (κ1) is 15.7. The average molecular weight is 315 g/mol. The molecule has 0 spiro atoms. The van der Waals surface area contributed by atoms with Crippen LogP contribution < -0.4 is 5.32 Å². The highest BCUT2D eigenvalue weighted by molar-refractivity contribution is 5.91. The van der Waals surface area contributed by atoms with E-state index in [9.17, 15) is 9.90 Å². The molecule has 0 saturated heterocycles. The maximum atomic E-state index is 11.8. The fraction of sp³-hybridized carbons (Fsp3) is 0.412. The third kappa shape index (κ3) is 3.97. The fourth-order valence-corrected chi connectivity index (χ4v) is 2.84. The number of amides is 1. The van der Waals surface area contributed by atoms with Crippen molar-refractivity contribution < 1.29 is 14.4 Å². The first-order valence-corrected chi connectivity index (χ1v) is 7.80. The van der Waals surface area contributed by atoms with Crippen LogP contribution in [-0.4, -0.2) is 46.8 Å². The van der Waals surface area contributed by atoms with Gasteiger partial charge in [0.2, 0.25) is 5.76 Å². The molecule has 6 nitrogen and oxygen atoms in total. The number of carbonyl (C=O) groups excluding carboxylic acids is 1. The van der Waals surface area contributed by atoms with Crippen molar-refractivity contribution in [1.82, 2.24) is 15.4 Å². The molecule has 2 N–H and O–H groups in total. The van der Waals surface area contributed by atoms with Gasteiger partial charge in [0.1, 0.15) is 0 Å². The molecule has 2 aromatic rings.